The van der Waals surface area contributed by atoms with Gasteiger partial charge in [-0.25, -0.2) is 13.8 Å². The van der Waals surface area contributed by atoms with Gasteiger partial charge in [0, 0.05) is 43.1 Å². The average Bonchev–Trinajstić information content (AvgIpc) is 3.44. The lowest BCUT2D eigenvalue weighted by Crippen LogP contribution is -2.54. The number of alkyl halides is 11. The van der Waals surface area contributed by atoms with E-state index in [9.17, 15) is 73.2 Å². The first-order chi connectivity index (χ1) is 20.4. The van der Waals surface area contributed by atoms with Crippen molar-refractivity contribution < 1.29 is 73.2 Å². The van der Waals surface area contributed by atoms with Gasteiger partial charge in [0.25, 0.3) is 23.3 Å². The number of carbonyl (C=O) groups is 2. The summed E-state index contributed by atoms with van der Waals surface area (Å²) in [6.45, 7) is -0.815. The second-order valence-corrected chi connectivity index (χ2v) is 11.8. The Labute approximate surface area is 249 Å². The van der Waals surface area contributed by atoms with E-state index in [1.54, 1.807) is 0 Å². The van der Waals surface area contributed by atoms with Gasteiger partial charge in [-0.3, -0.25) is 9.59 Å². The van der Waals surface area contributed by atoms with E-state index in [2.05, 4.69) is 4.98 Å². The van der Waals surface area contributed by atoms with Crippen molar-refractivity contribution in [3.8, 4) is 10.4 Å². The Morgan fingerprint density at radius 2 is 1.51 bits per heavy atom. The van der Waals surface area contributed by atoms with E-state index in [4.69, 9.17) is 0 Å². The topological polar surface area (TPSA) is 114 Å². The number of piperidine rings is 1. The van der Waals surface area contributed by atoms with Crippen molar-refractivity contribution in [2.45, 2.75) is 68.1 Å². The van der Waals surface area contributed by atoms with Crippen molar-refractivity contribution in [2.75, 3.05) is 19.6 Å². The summed E-state index contributed by atoms with van der Waals surface area (Å²) >= 11 is 0.0522. The molecule has 0 spiro atoms. The highest BCUT2D eigenvalue weighted by Gasteiger charge is 2.71. The summed E-state index contributed by atoms with van der Waals surface area (Å²) in [5, 5.41) is 28.8. The molecule has 2 aromatic rings. The number of aliphatic hydroxyl groups is 3. The molecule has 3 N–H and O–H groups in total. The fourth-order valence-electron chi connectivity index (χ4n) is 5.20. The van der Waals surface area contributed by atoms with E-state index in [-0.39, 0.29) is 43.0 Å². The lowest BCUT2D eigenvalue weighted by Gasteiger charge is -2.33. The molecular weight excluding hydrogens is 663 g/mol. The number of hydrogen-bond acceptors (Lipinski definition) is 7. The molecule has 0 saturated carbocycles. The van der Waals surface area contributed by atoms with Crippen molar-refractivity contribution in [1.82, 2.24) is 14.8 Å². The number of aliphatic hydroxyl groups excluding tert-OH is 2. The number of hydrogen-bond donors (Lipinski definition) is 3. The first-order valence-corrected chi connectivity index (χ1v) is 13.6. The molecule has 2 saturated heterocycles. The number of aromatic nitrogens is 1. The minimum Gasteiger partial charge on any atom is -0.391 e. The molecule has 4 rings (SSSR count). The van der Waals surface area contributed by atoms with Gasteiger partial charge in [-0.1, -0.05) is 12.1 Å². The van der Waals surface area contributed by atoms with Crippen LogP contribution in [0.3, 0.4) is 0 Å². The highest BCUT2D eigenvalue weighted by Crippen LogP contribution is 2.52. The summed E-state index contributed by atoms with van der Waals surface area (Å²) in [7, 11) is 0. The molecule has 0 bridgehead atoms. The van der Waals surface area contributed by atoms with Crippen LogP contribution in [0.15, 0.2) is 18.2 Å². The number of likely N-dealkylation sites (tertiary alicyclic amines) is 2. The molecule has 2 aliphatic heterocycles. The van der Waals surface area contributed by atoms with Gasteiger partial charge in [-0.05, 0) is 13.0 Å². The number of amides is 2. The molecule has 2 fully saturated rings. The molecule has 1 aromatic heterocycles. The first kappa shape index (κ1) is 34.8. The van der Waals surface area contributed by atoms with Crippen LogP contribution in [-0.4, -0.2) is 98.1 Å². The van der Waals surface area contributed by atoms with Crippen molar-refractivity contribution in [3.63, 3.8) is 0 Å². The molecule has 20 heteroatoms. The predicted molar refractivity (Wildman–Crippen MR) is 131 cm³/mol. The van der Waals surface area contributed by atoms with Crippen LogP contribution < -0.4 is 0 Å². The third kappa shape index (κ3) is 6.46. The smallest absolute Gasteiger partial charge is 0.391 e. The summed E-state index contributed by atoms with van der Waals surface area (Å²) < 4.78 is 152. The Morgan fingerprint density at radius 1 is 0.956 bits per heavy atom. The first-order valence-electron chi connectivity index (χ1n) is 12.8. The molecule has 0 aliphatic carbocycles. The summed E-state index contributed by atoms with van der Waals surface area (Å²) in [4.78, 5) is 30.8. The van der Waals surface area contributed by atoms with E-state index < -0.39 is 111 Å². The Hall–Kier alpha value is -3.10. The van der Waals surface area contributed by atoms with Gasteiger partial charge >= 0.3 is 18.5 Å². The minimum absolute atomic E-state index is 0.0522. The summed E-state index contributed by atoms with van der Waals surface area (Å²) in [5.74, 6) is -5.97. The maximum absolute atomic E-state index is 14.2. The molecule has 0 radical (unpaired) electrons. The number of halogens is 11. The standard InChI is InChI=1S/C25H22F11N3O5S/c1-10-6-21(26,27)9-39(10)19(42)16-17(45-18(37-16)20(43)38-7-12(40)5-13(41)8-38)14-3-2-11(4-15(14)23(28,29)30)22(44,24(31,32)33)25(34,35)36/h2-4,10,12-13,40-41,44H,5-9H2,1H3/t10-,12-,13+/m0/s1. The molecular formula is C25H22F11N3O5S. The molecule has 3 atom stereocenters. The van der Waals surface area contributed by atoms with Crippen LogP contribution in [0.25, 0.3) is 10.4 Å². The number of thiazole rings is 1. The molecule has 45 heavy (non-hydrogen) atoms. The van der Waals surface area contributed by atoms with Crippen LogP contribution in [0.2, 0.25) is 0 Å². The number of β-amino-alcohol motifs (C(OH)–C–C–N with tert-alkyl or cyclic N) is 2. The van der Waals surface area contributed by atoms with Crippen LogP contribution in [0, 0.1) is 0 Å². The Kier molecular flexibility index (Phi) is 8.73. The fraction of sp³-hybridized carbons (Fsp3) is 0.560. The Balaban J connectivity index is 1.94. The highest BCUT2D eigenvalue weighted by atomic mass is 32.1. The minimum atomic E-state index is -6.54. The summed E-state index contributed by atoms with van der Waals surface area (Å²) in [5.41, 5.74) is -12.5. The average molecular weight is 686 g/mol. The van der Waals surface area contributed by atoms with Crippen molar-refractivity contribution in [3.05, 3.63) is 40.0 Å². The molecule has 8 nitrogen and oxygen atoms in total. The van der Waals surface area contributed by atoms with Crippen molar-refractivity contribution in [2.24, 2.45) is 0 Å². The van der Waals surface area contributed by atoms with Crippen LogP contribution in [0.1, 0.15) is 51.2 Å². The number of benzene rings is 1. The highest BCUT2D eigenvalue weighted by molar-refractivity contribution is 7.17. The van der Waals surface area contributed by atoms with Crippen LogP contribution >= 0.6 is 11.3 Å². The van der Waals surface area contributed by atoms with E-state index in [1.807, 2.05) is 0 Å². The van der Waals surface area contributed by atoms with Gasteiger partial charge < -0.3 is 25.1 Å². The third-order valence-electron chi connectivity index (χ3n) is 7.30. The maximum Gasteiger partial charge on any atom is 0.430 e. The van der Waals surface area contributed by atoms with Gasteiger partial charge in [0.15, 0.2) is 5.01 Å². The van der Waals surface area contributed by atoms with E-state index in [1.165, 1.54) is 6.92 Å². The molecule has 0 unspecified atom stereocenters. The molecule has 2 aliphatic rings. The molecule has 1 aromatic carbocycles. The zero-order chi connectivity index (χ0) is 34.1. The molecule has 2 amide bonds. The van der Waals surface area contributed by atoms with Crippen LogP contribution in [0.4, 0.5) is 48.3 Å². The van der Waals surface area contributed by atoms with E-state index in [0.29, 0.717) is 4.90 Å². The third-order valence-corrected chi connectivity index (χ3v) is 8.38. The van der Waals surface area contributed by atoms with Gasteiger partial charge in [-0.15, -0.1) is 11.3 Å². The van der Waals surface area contributed by atoms with Gasteiger partial charge in [0.1, 0.15) is 5.69 Å². The van der Waals surface area contributed by atoms with E-state index >= 15 is 0 Å². The monoisotopic (exact) mass is 685 g/mol. The normalized spacial score (nSPS) is 23.0. The quantitative estimate of drug-likeness (QED) is 0.407. The number of nitrogens with zero attached hydrogens (tertiary/aromatic N) is 3. The SMILES string of the molecule is C[C@H]1CC(F)(F)CN1C(=O)c1nc(C(=O)N2C[C@H](O)C[C@H](O)C2)sc1-c1ccc(C(O)(C(F)(F)F)C(F)(F)F)cc1C(F)(F)F. The van der Waals surface area contributed by atoms with Gasteiger partial charge in [0.2, 0.25) is 0 Å². The Bertz CT molecular complexity index is 1450. The largest absolute Gasteiger partial charge is 0.430 e. The predicted octanol–water partition coefficient (Wildman–Crippen LogP) is 4.58. The molecule has 250 valence electrons. The molecule has 3 heterocycles. The second kappa shape index (κ2) is 11.3. The maximum atomic E-state index is 14.2. The second-order valence-electron chi connectivity index (χ2n) is 10.8. The zero-order valence-electron chi connectivity index (χ0n) is 22.6. The van der Waals surface area contributed by atoms with Gasteiger partial charge in [0.05, 0.1) is 29.2 Å². The van der Waals surface area contributed by atoms with Crippen LogP contribution in [-0.2, 0) is 11.8 Å². The van der Waals surface area contributed by atoms with Crippen molar-refractivity contribution in [1.29, 1.82) is 0 Å². The Morgan fingerprint density at radius 3 is 1.98 bits per heavy atom. The van der Waals surface area contributed by atoms with Gasteiger partial charge in [-0.2, -0.15) is 39.5 Å². The van der Waals surface area contributed by atoms with Crippen molar-refractivity contribution >= 4 is 23.2 Å². The summed E-state index contributed by atoms with van der Waals surface area (Å²) in [6.07, 6.45) is -22.3. The number of carbonyl (C=O) groups excluding carboxylic acids is 2. The summed E-state index contributed by atoms with van der Waals surface area (Å²) in [6, 6.07) is -1.82. The van der Waals surface area contributed by atoms with E-state index in [0.717, 1.165) is 4.90 Å². The number of rotatable bonds is 4. The van der Waals surface area contributed by atoms with Crippen LogP contribution in [0.5, 0.6) is 0 Å². The fourth-order valence-corrected chi connectivity index (χ4v) is 6.26. The lowest BCUT2D eigenvalue weighted by molar-refractivity contribution is -0.376. The zero-order valence-corrected chi connectivity index (χ0v) is 23.4. The lowest BCUT2D eigenvalue weighted by atomic mass is 9.88.